The molecule has 0 aliphatic carbocycles. The third-order valence-corrected chi connectivity index (χ3v) is 4.57. The molecule has 0 saturated heterocycles. The number of nitrogens with zero attached hydrogens (tertiary/aromatic N) is 4. The molecule has 6 heteroatoms. The van der Waals surface area contributed by atoms with Crippen LogP contribution < -0.4 is 5.43 Å². The molecule has 0 radical (unpaired) electrons. The summed E-state index contributed by atoms with van der Waals surface area (Å²) < 4.78 is 0. The van der Waals surface area contributed by atoms with Gasteiger partial charge in [0.15, 0.2) is 5.82 Å². The highest BCUT2D eigenvalue weighted by atomic mass is 32.1. The van der Waals surface area contributed by atoms with Crippen molar-refractivity contribution in [1.82, 2.24) is 15.0 Å². The van der Waals surface area contributed by atoms with Gasteiger partial charge in [-0.25, -0.2) is 9.97 Å². The monoisotopic (exact) mass is 331 g/mol. The quantitative estimate of drug-likeness (QED) is 0.450. The molecule has 24 heavy (non-hydrogen) atoms. The van der Waals surface area contributed by atoms with Crippen molar-refractivity contribution in [2.75, 3.05) is 5.43 Å². The zero-order chi connectivity index (χ0) is 16.2. The van der Waals surface area contributed by atoms with Crippen LogP contribution in [0.1, 0.15) is 5.56 Å². The smallest absolute Gasteiger partial charge is 0.158 e. The Kier molecular flexibility index (Phi) is 3.95. The van der Waals surface area contributed by atoms with Crippen LogP contribution in [0.2, 0.25) is 0 Å². The first-order valence-corrected chi connectivity index (χ1v) is 8.21. The summed E-state index contributed by atoms with van der Waals surface area (Å²) in [6, 6.07) is 16.1. The van der Waals surface area contributed by atoms with Crippen LogP contribution in [0, 0.1) is 0 Å². The number of hydrogen-bond donors (Lipinski definition) is 1. The van der Waals surface area contributed by atoms with Gasteiger partial charge >= 0.3 is 0 Å². The largest absolute Gasteiger partial charge is 0.265 e. The van der Waals surface area contributed by atoms with E-state index in [0.717, 1.165) is 20.7 Å². The molecule has 5 nitrogen and oxygen atoms in total. The minimum absolute atomic E-state index is 0.698. The maximum atomic E-state index is 4.36. The average molecular weight is 331 g/mol. The number of thiophene rings is 1. The second-order valence-electron chi connectivity index (χ2n) is 5.07. The maximum Gasteiger partial charge on any atom is 0.158 e. The van der Waals surface area contributed by atoms with Gasteiger partial charge in [0.25, 0.3) is 0 Å². The van der Waals surface area contributed by atoms with Gasteiger partial charge in [-0.2, -0.15) is 5.10 Å². The predicted octanol–water partition coefficient (Wildman–Crippen LogP) is 4.20. The number of fused-ring (bicyclic) bond motifs is 1. The summed E-state index contributed by atoms with van der Waals surface area (Å²) in [5, 5.41) is 5.22. The van der Waals surface area contributed by atoms with Gasteiger partial charge in [0.2, 0.25) is 0 Å². The lowest BCUT2D eigenvalue weighted by molar-refractivity contribution is 1.19. The molecule has 0 amide bonds. The third-order valence-electron chi connectivity index (χ3n) is 3.48. The predicted molar refractivity (Wildman–Crippen MR) is 98.3 cm³/mol. The van der Waals surface area contributed by atoms with Gasteiger partial charge in [-0.1, -0.05) is 30.3 Å². The molecule has 0 aliphatic rings. The minimum atomic E-state index is 0.698. The molecule has 0 spiro atoms. The van der Waals surface area contributed by atoms with Crippen LogP contribution in [-0.2, 0) is 0 Å². The fourth-order valence-corrected chi connectivity index (χ4v) is 3.31. The number of rotatable bonds is 4. The van der Waals surface area contributed by atoms with Crippen LogP contribution in [0.3, 0.4) is 0 Å². The first-order chi connectivity index (χ1) is 11.9. The fourth-order valence-electron chi connectivity index (χ4n) is 2.31. The molecular weight excluding hydrogens is 318 g/mol. The number of hydrazone groups is 1. The number of benzene rings is 1. The Hall–Kier alpha value is -3.12. The molecule has 1 N–H and O–H groups in total. The molecule has 0 bridgehead atoms. The van der Waals surface area contributed by atoms with E-state index >= 15 is 0 Å². The van der Waals surface area contributed by atoms with E-state index in [2.05, 4.69) is 43.7 Å². The molecule has 0 aliphatic heterocycles. The zero-order valence-electron chi connectivity index (χ0n) is 12.6. The van der Waals surface area contributed by atoms with Crippen LogP contribution in [0.15, 0.2) is 72.4 Å². The van der Waals surface area contributed by atoms with Crippen LogP contribution in [-0.4, -0.2) is 21.2 Å². The van der Waals surface area contributed by atoms with Crippen molar-refractivity contribution in [2.45, 2.75) is 0 Å². The molecule has 3 aromatic heterocycles. The van der Waals surface area contributed by atoms with E-state index in [1.54, 1.807) is 36.3 Å². The van der Waals surface area contributed by atoms with Gasteiger partial charge in [0.05, 0.1) is 11.6 Å². The summed E-state index contributed by atoms with van der Waals surface area (Å²) in [5.41, 5.74) is 5.15. The molecule has 0 fully saturated rings. The molecule has 0 atom stereocenters. The number of aromatic nitrogens is 3. The van der Waals surface area contributed by atoms with E-state index in [4.69, 9.17) is 0 Å². The van der Waals surface area contributed by atoms with E-state index < -0.39 is 0 Å². The van der Waals surface area contributed by atoms with E-state index in [-0.39, 0.29) is 0 Å². The summed E-state index contributed by atoms with van der Waals surface area (Å²) in [6.45, 7) is 0. The van der Waals surface area contributed by atoms with E-state index in [1.165, 1.54) is 5.56 Å². The molecule has 1 aromatic carbocycles. The van der Waals surface area contributed by atoms with Crippen molar-refractivity contribution in [3.05, 3.63) is 72.8 Å². The Balaban J connectivity index is 1.64. The first-order valence-electron chi connectivity index (χ1n) is 7.39. The van der Waals surface area contributed by atoms with Crippen LogP contribution in [0.4, 0.5) is 5.82 Å². The van der Waals surface area contributed by atoms with Gasteiger partial charge < -0.3 is 0 Å². The van der Waals surface area contributed by atoms with Crippen molar-refractivity contribution >= 4 is 33.6 Å². The van der Waals surface area contributed by atoms with E-state index in [9.17, 15) is 0 Å². The van der Waals surface area contributed by atoms with Crippen molar-refractivity contribution in [1.29, 1.82) is 0 Å². The number of anilines is 1. The third kappa shape index (κ3) is 3.00. The zero-order valence-corrected chi connectivity index (χ0v) is 13.4. The Bertz CT molecular complexity index is 980. The lowest BCUT2D eigenvalue weighted by atomic mass is 10.2. The number of pyridine rings is 1. The Morgan fingerprint density at radius 3 is 2.67 bits per heavy atom. The first kappa shape index (κ1) is 14.5. The normalized spacial score (nSPS) is 11.2. The molecule has 3 heterocycles. The van der Waals surface area contributed by atoms with E-state index in [0.29, 0.717) is 5.82 Å². The summed E-state index contributed by atoms with van der Waals surface area (Å²) in [5.74, 6) is 0.698. The fraction of sp³-hybridized carbons (Fsp3) is 0. The van der Waals surface area contributed by atoms with Crippen molar-refractivity contribution in [2.24, 2.45) is 5.10 Å². The molecule has 0 unspecified atom stereocenters. The number of nitrogens with one attached hydrogen (secondary N) is 1. The Labute approximate surface area is 142 Å². The van der Waals surface area contributed by atoms with Crippen LogP contribution in [0.5, 0.6) is 0 Å². The SMILES string of the molecule is C(=NNc1ncnc2sc(-c3ccccc3)cc12)c1ccncc1. The van der Waals surface area contributed by atoms with Gasteiger partial charge in [-0.3, -0.25) is 10.4 Å². The Morgan fingerprint density at radius 2 is 1.83 bits per heavy atom. The topological polar surface area (TPSA) is 63.1 Å². The van der Waals surface area contributed by atoms with Crippen molar-refractivity contribution in [3.8, 4) is 10.4 Å². The second kappa shape index (κ2) is 6.55. The van der Waals surface area contributed by atoms with Gasteiger partial charge in [-0.15, -0.1) is 11.3 Å². The van der Waals surface area contributed by atoms with Crippen LogP contribution in [0.25, 0.3) is 20.7 Å². The lowest BCUT2D eigenvalue weighted by Crippen LogP contribution is -1.94. The van der Waals surface area contributed by atoms with Crippen LogP contribution >= 0.6 is 11.3 Å². The lowest BCUT2D eigenvalue weighted by Gasteiger charge is -1.99. The average Bonchev–Trinajstić information content (AvgIpc) is 3.09. The van der Waals surface area contributed by atoms with Gasteiger partial charge in [0, 0.05) is 17.3 Å². The summed E-state index contributed by atoms with van der Waals surface area (Å²) >= 11 is 1.64. The minimum Gasteiger partial charge on any atom is -0.265 e. The molecule has 4 aromatic rings. The highest BCUT2D eigenvalue weighted by Crippen LogP contribution is 2.34. The van der Waals surface area contributed by atoms with Crippen molar-refractivity contribution < 1.29 is 0 Å². The van der Waals surface area contributed by atoms with Gasteiger partial charge in [0.1, 0.15) is 11.2 Å². The van der Waals surface area contributed by atoms with Gasteiger partial charge in [-0.05, 0) is 29.3 Å². The summed E-state index contributed by atoms with van der Waals surface area (Å²) in [4.78, 5) is 14.7. The molecular formula is C18H13N5S. The molecule has 0 saturated carbocycles. The molecule has 4 rings (SSSR count). The van der Waals surface area contributed by atoms with E-state index in [1.807, 2.05) is 30.3 Å². The number of hydrogen-bond acceptors (Lipinski definition) is 6. The van der Waals surface area contributed by atoms with Crippen molar-refractivity contribution in [3.63, 3.8) is 0 Å². The highest BCUT2D eigenvalue weighted by molar-refractivity contribution is 7.21. The maximum absolute atomic E-state index is 4.36. The molecule has 116 valence electrons. The summed E-state index contributed by atoms with van der Waals surface area (Å²) in [7, 11) is 0. The highest BCUT2D eigenvalue weighted by Gasteiger charge is 2.09. The standard InChI is InChI=1S/C18H13N5S/c1-2-4-14(5-3-1)16-10-15-17(20-12-21-18(15)24-16)23-22-11-13-6-8-19-9-7-13/h1-12H,(H,20,21,23). The Morgan fingerprint density at radius 1 is 1.00 bits per heavy atom. The second-order valence-corrected chi connectivity index (χ2v) is 6.10. The summed E-state index contributed by atoms with van der Waals surface area (Å²) in [6.07, 6.45) is 6.75.